The molecule has 1 spiro atoms. The molecule has 2 aromatic carbocycles. The second kappa shape index (κ2) is 5.88. The topological polar surface area (TPSA) is 6.48 Å². The molecule has 1 aliphatic carbocycles. The van der Waals surface area contributed by atoms with Gasteiger partial charge in [-0.15, -0.1) is 0 Å². The van der Waals surface area contributed by atoms with Gasteiger partial charge in [0.05, 0.1) is 0 Å². The second-order valence-corrected chi connectivity index (χ2v) is 8.27. The number of benzene rings is 2. The highest BCUT2D eigenvalue weighted by Gasteiger charge is 2.47. The minimum absolute atomic E-state index is 0.444. The van der Waals surface area contributed by atoms with Crippen molar-refractivity contribution in [3.05, 3.63) is 65.2 Å². The summed E-state index contributed by atoms with van der Waals surface area (Å²) in [5.41, 5.74) is 6.58. The molecule has 0 N–H and O–H groups in total. The van der Waals surface area contributed by atoms with Crippen LogP contribution in [0.4, 0.5) is 5.69 Å². The van der Waals surface area contributed by atoms with Crippen molar-refractivity contribution < 1.29 is 0 Å². The number of fused-ring (bicyclic) bond motifs is 1. The van der Waals surface area contributed by atoms with Crippen molar-refractivity contribution in [3.8, 4) is 0 Å². The summed E-state index contributed by atoms with van der Waals surface area (Å²) in [4.78, 5) is 5.46. The van der Waals surface area contributed by atoms with Crippen LogP contribution in [0.25, 0.3) is 0 Å². The summed E-state index contributed by atoms with van der Waals surface area (Å²) in [5, 5.41) is 0. The van der Waals surface area contributed by atoms with Gasteiger partial charge in [-0.2, -0.15) is 0 Å². The average Bonchev–Trinajstić information content (AvgIpc) is 3.08. The summed E-state index contributed by atoms with van der Waals surface area (Å²) >= 11 is 0. The number of rotatable bonds is 2. The van der Waals surface area contributed by atoms with Gasteiger partial charge in [0.15, 0.2) is 0 Å². The maximum absolute atomic E-state index is 2.78. The highest BCUT2D eigenvalue weighted by Crippen LogP contribution is 2.44. The number of anilines is 1. The van der Waals surface area contributed by atoms with Gasteiger partial charge in [0.1, 0.15) is 0 Å². The normalized spacial score (nSPS) is 25.0. The van der Waals surface area contributed by atoms with E-state index in [9.17, 15) is 0 Å². The third-order valence-electron chi connectivity index (χ3n) is 7.09. The van der Waals surface area contributed by atoms with Crippen LogP contribution in [0.2, 0.25) is 0 Å². The minimum atomic E-state index is 0.444. The predicted octanol–water partition coefficient (Wildman–Crippen LogP) is 4.21. The first-order chi connectivity index (χ1) is 12.3. The van der Waals surface area contributed by atoms with Gasteiger partial charge < -0.3 is 4.90 Å². The molecule has 2 heteroatoms. The molecular weight excluding hydrogens is 304 g/mol. The molecule has 1 unspecified atom stereocenters. The zero-order valence-corrected chi connectivity index (χ0v) is 15.2. The Balaban J connectivity index is 1.26. The van der Waals surface area contributed by atoms with E-state index in [4.69, 9.17) is 0 Å². The van der Waals surface area contributed by atoms with Crippen LogP contribution >= 0.6 is 0 Å². The Bertz CT molecular complexity index is 759. The molecule has 130 valence electrons. The molecule has 0 aromatic heterocycles. The van der Waals surface area contributed by atoms with E-state index in [-0.39, 0.29) is 0 Å². The van der Waals surface area contributed by atoms with Crippen molar-refractivity contribution in [2.75, 3.05) is 24.5 Å². The number of piperidine rings is 1. The number of para-hydroxylation sites is 1. The lowest BCUT2D eigenvalue weighted by Crippen LogP contribution is -2.65. The lowest BCUT2D eigenvalue weighted by atomic mass is 9.75. The second-order valence-electron chi connectivity index (χ2n) is 8.27. The maximum Gasteiger partial charge on any atom is 0.0443 e. The zero-order chi connectivity index (χ0) is 16.9. The van der Waals surface area contributed by atoms with Crippen molar-refractivity contribution in [2.24, 2.45) is 0 Å². The van der Waals surface area contributed by atoms with Crippen LogP contribution in [-0.4, -0.2) is 36.1 Å². The minimum Gasteiger partial charge on any atom is -0.366 e. The quantitative estimate of drug-likeness (QED) is 0.813. The van der Waals surface area contributed by atoms with Crippen LogP contribution in [0.3, 0.4) is 0 Å². The van der Waals surface area contributed by atoms with E-state index in [0.29, 0.717) is 5.54 Å². The summed E-state index contributed by atoms with van der Waals surface area (Å²) < 4.78 is 0. The lowest BCUT2D eigenvalue weighted by Gasteiger charge is -2.58. The van der Waals surface area contributed by atoms with Crippen molar-refractivity contribution in [1.29, 1.82) is 0 Å². The highest BCUT2D eigenvalue weighted by molar-refractivity contribution is 5.52. The molecule has 2 fully saturated rings. The summed E-state index contributed by atoms with van der Waals surface area (Å²) in [6, 6.07) is 18.6. The van der Waals surface area contributed by atoms with Crippen LogP contribution < -0.4 is 4.90 Å². The Labute approximate surface area is 151 Å². The van der Waals surface area contributed by atoms with Crippen molar-refractivity contribution in [2.45, 2.75) is 50.6 Å². The Hall–Kier alpha value is -1.80. The van der Waals surface area contributed by atoms with E-state index in [0.717, 1.165) is 6.04 Å². The third-order valence-corrected chi connectivity index (χ3v) is 7.09. The van der Waals surface area contributed by atoms with E-state index in [2.05, 4.69) is 65.3 Å². The largest absolute Gasteiger partial charge is 0.366 e. The number of hydrogen-bond donors (Lipinski definition) is 0. The number of aryl methyl sites for hydroxylation is 1. The average molecular weight is 332 g/mol. The van der Waals surface area contributed by atoms with Gasteiger partial charge in [0, 0.05) is 36.9 Å². The molecule has 25 heavy (non-hydrogen) atoms. The van der Waals surface area contributed by atoms with Gasteiger partial charge in [-0.1, -0.05) is 36.4 Å². The smallest absolute Gasteiger partial charge is 0.0443 e. The summed E-state index contributed by atoms with van der Waals surface area (Å²) in [5.74, 6) is 0. The first-order valence-corrected chi connectivity index (χ1v) is 9.89. The van der Waals surface area contributed by atoms with Gasteiger partial charge in [-0.3, -0.25) is 4.90 Å². The van der Waals surface area contributed by atoms with E-state index in [1.165, 1.54) is 63.0 Å². The van der Waals surface area contributed by atoms with Gasteiger partial charge in [0.25, 0.3) is 0 Å². The van der Waals surface area contributed by atoms with E-state index < -0.39 is 0 Å². The van der Waals surface area contributed by atoms with E-state index in [1.54, 1.807) is 11.1 Å². The Morgan fingerprint density at radius 3 is 2.28 bits per heavy atom. The van der Waals surface area contributed by atoms with Crippen LogP contribution in [-0.2, 0) is 12.8 Å². The van der Waals surface area contributed by atoms with Crippen LogP contribution in [0.5, 0.6) is 0 Å². The summed E-state index contributed by atoms with van der Waals surface area (Å²) in [6.07, 6.45) is 6.55. The van der Waals surface area contributed by atoms with Crippen molar-refractivity contribution in [3.63, 3.8) is 0 Å². The molecule has 3 aliphatic rings. The molecule has 2 aromatic rings. The number of nitrogens with zero attached hydrogens (tertiary/aromatic N) is 2. The van der Waals surface area contributed by atoms with Crippen LogP contribution in [0.1, 0.15) is 36.0 Å². The predicted molar refractivity (Wildman–Crippen MR) is 104 cm³/mol. The fourth-order valence-corrected chi connectivity index (χ4v) is 5.44. The Kier molecular flexibility index (Phi) is 3.63. The molecule has 2 saturated heterocycles. The Morgan fingerprint density at radius 1 is 0.840 bits per heavy atom. The van der Waals surface area contributed by atoms with Crippen LogP contribution in [0, 0.1) is 6.92 Å². The molecule has 2 heterocycles. The van der Waals surface area contributed by atoms with Crippen molar-refractivity contribution in [1.82, 2.24) is 4.90 Å². The van der Waals surface area contributed by atoms with Gasteiger partial charge >= 0.3 is 0 Å². The molecule has 2 nitrogen and oxygen atoms in total. The third kappa shape index (κ3) is 2.50. The molecule has 0 amide bonds. The highest BCUT2D eigenvalue weighted by atomic mass is 15.3. The SMILES string of the molecule is Cc1cccc2c1CC(N1CCC3(CC1)CCN3c1ccccc1)C2. The molecule has 5 rings (SSSR count). The monoisotopic (exact) mass is 332 g/mol. The summed E-state index contributed by atoms with van der Waals surface area (Å²) in [6.45, 7) is 6.04. The molecule has 1 atom stereocenters. The fraction of sp³-hybridized carbons (Fsp3) is 0.478. The zero-order valence-electron chi connectivity index (χ0n) is 15.2. The number of hydrogen-bond acceptors (Lipinski definition) is 2. The van der Waals surface area contributed by atoms with Gasteiger partial charge in [-0.05, 0) is 67.9 Å². The molecule has 0 bridgehead atoms. The molecule has 0 saturated carbocycles. The Morgan fingerprint density at radius 2 is 1.60 bits per heavy atom. The van der Waals surface area contributed by atoms with Crippen molar-refractivity contribution >= 4 is 5.69 Å². The molecule has 0 radical (unpaired) electrons. The number of likely N-dealkylation sites (tertiary alicyclic amines) is 1. The maximum atomic E-state index is 2.78. The standard InChI is InChI=1S/C23H28N2/c1-18-6-5-7-19-16-21(17-22(18)19)24-13-10-23(11-14-24)12-15-25(23)20-8-3-2-4-9-20/h2-9,21H,10-17H2,1H3. The van der Waals surface area contributed by atoms with E-state index >= 15 is 0 Å². The van der Waals surface area contributed by atoms with Crippen LogP contribution in [0.15, 0.2) is 48.5 Å². The lowest BCUT2D eigenvalue weighted by molar-refractivity contribution is 0.0875. The first kappa shape index (κ1) is 15.5. The summed E-state index contributed by atoms with van der Waals surface area (Å²) in [7, 11) is 0. The first-order valence-electron chi connectivity index (χ1n) is 9.89. The van der Waals surface area contributed by atoms with E-state index in [1.807, 2.05) is 0 Å². The fourth-order valence-electron chi connectivity index (χ4n) is 5.44. The molecular formula is C23H28N2. The van der Waals surface area contributed by atoms with Gasteiger partial charge in [-0.25, -0.2) is 0 Å². The van der Waals surface area contributed by atoms with Gasteiger partial charge in [0.2, 0.25) is 0 Å². The molecule has 2 aliphatic heterocycles.